The molecule has 0 N–H and O–H groups in total. The summed E-state index contributed by atoms with van der Waals surface area (Å²) in [6.45, 7) is 7.90. The average Bonchev–Trinajstić information content (AvgIpc) is 3.01. The molecule has 0 radical (unpaired) electrons. The molecule has 2 rings (SSSR count). The Kier molecular flexibility index (Phi) is 4.67. The number of amides is 1. The zero-order valence-corrected chi connectivity index (χ0v) is 13.6. The van der Waals surface area contributed by atoms with Crippen LogP contribution in [-0.2, 0) is 19.6 Å². The van der Waals surface area contributed by atoms with Crippen molar-refractivity contribution in [2.45, 2.75) is 40.4 Å². The highest BCUT2D eigenvalue weighted by Crippen LogP contribution is 2.17. The van der Waals surface area contributed by atoms with E-state index in [0.29, 0.717) is 23.8 Å². The van der Waals surface area contributed by atoms with Gasteiger partial charge in [-0.3, -0.25) is 14.2 Å². The summed E-state index contributed by atoms with van der Waals surface area (Å²) in [5.74, 6) is -0.184. The number of aromatic nitrogens is 4. The fourth-order valence-corrected chi connectivity index (χ4v) is 2.32. The molecular weight excluding hydrogens is 290 g/mol. The van der Waals surface area contributed by atoms with Crippen LogP contribution in [0.25, 0.3) is 0 Å². The van der Waals surface area contributed by atoms with E-state index in [2.05, 4.69) is 10.2 Å². The van der Waals surface area contributed by atoms with Crippen molar-refractivity contribution in [3.8, 4) is 0 Å². The lowest BCUT2D eigenvalue weighted by atomic mass is 10.2. The molecule has 0 aliphatic heterocycles. The Morgan fingerprint density at radius 3 is 2.38 bits per heavy atom. The number of halogens is 1. The van der Waals surface area contributed by atoms with Gasteiger partial charge >= 0.3 is 0 Å². The van der Waals surface area contributed by atoms with Gasteiger partial charge in [-0.25, -0.2) is 0 Å². The van der Waals surface area contributed by atoms with E-state index in [1.54, 1.807) is 22.8 Å². The van der Waals surface area contributed by atoms with Crippen LogP contribution in [-0.4, -0.2) is 37.4 Å². The number of carbonyl (C=O) groups excluding carboxylic acids is 1. The third-order valence-corrected chi connectivity index (χ3v) is 3.65. The predicted molar refractivity (Wildman–Crippen MR) is 81.3 cm³/mol. The van der Waals surface area contributed by atoms with E-state index in [9.17, 15) is 4.79 Å². The second kappa shape index (κ2) is 6.30. The molecule has 0 unspecified atom stereocenters. The van der Waals surface area contributed by atoms with Crippen molar-refractivity contribution < 1.29 is 4.79 Å². The third-order valence-electron chi connectivity index (χ3n) is 3.37. The smallest absolute Gasteiger partial charge is 0.275 e. The Bertz CT molecular complexity index is 646. The van der Waals surface area contributed by atoms with Gasteiger partial charge in [-0.1, -0.05) is 11.6 Å². The predicted octanol–water partition coefficient (Wildman–Crippen LogP) is 2.35. The van der Waals surface area contributed by atoms with Gasteiger partial charge in [-0.2, -0.15) is 10.2 Å². The van der Waals surface area contributed by atoms with Gasteiger partial charge in [0.05, 0.1) is 10.7 Å². The minimum absolute atomic E-state index is 0.184. The topological polar surface area (TPSA) is 56.0 Å². The average molecular weight is 310 g/mol. The Balaban J connectivity index is 2.15. The fourth-order valence-electron chi connectivity index (χ4n) is 2.09. The Hall–Kier alpha value is -1.82. The second-order valence-corrected chi connectivity index (χ2v) is 5.35. The molecule has 0 aliphatic rings. The molecule has 0 fully saturated rings. The van der Waals surface area contributed by atoms with E-state index >= 15 is 0 Å². The Labute approximate surface area is 129 Å². The van der Waals surface area contributed by atoms with Gasteiger partial charge in [0.25, 0.3) is 5.91 Å². The van der Waals surface area contributed by atoms with Crippen LogP contribution in [0.2, 0.25) is 5.02 Å². The fraction of sp³-hybridized carbons (Fsp3) is 0.500. The molecule has 6 nitrogen and oxygen atoms in total. The standard InChI is InChI=1S/C14H20ClN5O/c1-5-19-8-11(10(3)16-19)7-18(4)14(21)13-12(15)9-20(6-2)17-13/h8-9H,5-7H2,1-4H3. The van der Waals surface area contributed by atoms with E-state index in [-0.39, 0.29) is 5.91 Å². The summed E-state index contributed by atoms with van der Waals surface area (Å²) in [5.41, 5.74) is 2.25. The van der Waals surface area contributed by atoms with E-state index in [4.69, 9.17) is 11.6 Å². The molecule has 21 heavy (non-hydrogen) atoms. The molecular formula is C14H20ClN5O. The summed E-state index contributed by atoms with van der Waals surface area (Å²) < 4.78 is 3.52. The van der Waals surface area contributed by atoms with Gasteiger partial charge in [0.2, 0.25) is 0 Å². The number of rotatable bonds is 5. The maximum Gasteiger partial charge on any atom is 0.275 e. The van der Waals surface area contributed by atoms with Crippen molar-refractivity contribution in [2.24, 2.45) is 0 Å². The van der Waals surface area contributed by atoms with Crippen LogP contribution in [0.4, 0.5) is 0 Å². The highest BCUT2D eigenvalue weighted by molar-refractivity contribution is 6.33. The first-order chi connectivity index (χ1) is 9.96. The Morgan fingerprint density at radius 2 is 1.86 bits per heavy atom. The van der Waals surface area contributed by atoms with Crippen molar-refractivity contribution in [3.05, 3.63) is 34.4 Å². The summed E-state index contributed by atoms with van der Waals surface area (Å²) in [5, 5.41) is 8.97. The highest BCUT2D eigenvalue weighted by Gasteiger charge is 2.20. The lowest BCUT2D eigenvalue weighted by Gasteiger charge is -2.15. The molecule has 114 valence electrons. The lowest BCUT2D eigenvalue weighted by molar-refractivity contribution is 0.0778. The minimum atomic E-state index is -0.184. The first kappa shape index (κ1) is 15.6. The molecule has 7 heteroatoms. The zero-order valence-electron chi connectivity index (χ0n) is 12.8. The summed E-state index contributed by atoms with van der Waals surface area (Å²) in [7, 11) is 1.74. The van der Waals surface area contributed by atoms with Gasteiger partial charge < -0.3 is 4.90 Å². The van der Waals surface area contributed by atoms with Crippen LogP contribution >= 0.6 is 11.6 Å². The van der Waals surface area contributed by atoms with Crippen LogP contribution in [0.5, 0.6) is 0 Å². The number of carbonyl (C=O) groups is 1. The molecule has 2 aromatic heterocycles. The summed E-state index contributed by atoms with van der Waals surface area (Å²) >= 11 is 6.08. The maximum absolute atomic E-state index is 12.4. The van der Waals surface area contributed by atoms with E-state index in [1.165, 1.54) is 0 Å². The normalized spacial score (nSPS) is 10.9. The van der Waals surface area contributed by atoms with Gasteiger partial charge in [-0.15, -0.1) is 0 Å². The SMILES string of the molecule is CCn1cc(CN(C)C(=O)c2nn(CC)cc2Cl)c(C)n1. The molecule has 0 saturated heterocycles. The summed E-state index contributed by atoms with van der Waals surface area (Å²) in [4.78, 5) is 14.0. The van der Waals surface area contributed by atoms with Crippen molar-refractivity contribution in [2.75, 3.05) is 7.05 Å². The molecule has 0 spiro atoms. The summed E-state index contributed by atoms with van der Waals surface area (Å²) in [6.07, 6.45) is 3.63. The number of aryl methyl sites for hydroxylation is 3. The maximum atomic E-state index is 12.4. The number of hydrogen-bond donors (Lipinski definition) is 0. The van der Waals surface area contributed by atoms with E-state index in [0.717, 1.165) is 17.8 Å². The number of nitrogens with zero attached hydrogens (tertiary/aromatic N) is 5. The number of hydrogen-bond acceptors (Lipinski definition) is 3. The molecule has 0 bridgehead atoms. The first-order valence-corrected chi connectivity index (χ1v) is 7.35. The van der Waals surface area contributed by atoms with E-state index < -0.39 is 0 Å². The van der Waals surface area contributed by atoms with Gasteiger partial charge in [0.15, 0.2) is 5.69 Å². The zero-order chi connectivity index (χ0) is 15.6. The monoisotopic (exact) mass is 309 g/mol. The summed E-state index contributed by atoms with van der Waals surface area (Å²) in [6, 6.07) is 0. The lowest BCUT2D eigenvalue weighted by Crippen LogP contribution is -2.27. The van der Waals surface area contributed by atoms with Crippen LogP contribution < -0.4 is 0 Å². The van der Waals surface area contributed by atoms with Crippen LogP contribution in [0, 0.1) is 6.92 Å². The molecule has 1 amide bonds. The van der Waals surface area contributed by atoms with Crippen molar-refractivity contribution >= 4 is 17.5 Å². The van der Waals surface area contributed by atoms with Crippen molar-refractivity contribution in [1.29, 1.82) is 0 Å². The van der Waals surface area contributed by atoms with Crippen LogP contribution in [0.1, 0.15) is 35.6 Å². The molecule has 0 atom stereocenters. The third kappa shape index (κ3) is 3.26. The largest absolute Gasteiger partial charge is 0.336 e. The molecule has 2 heterocycles. The van der Waals surface area contributed by atoms with Gasteiger partial charge in [-0.05, 0) is 20.8 Å². The van der Waals surface area contributed by atoms with Gasteiger partial charge in [0.1, 0.15) is 0 Å². The van der Waals surface area contributed by atoms with Crippen LogP contribution in [0.15, 0.2) is 12.4 Å². The van der Waals surface area contributed by atoms with Gasteiger partial charge in [0, 0.05) is 44.6 Å². The quantitative estimate of drug-likeness (QED) is 0.852. The first-order valence-electron chi connectivity index (χ1n) is 6.97. The second-order valence-electron chi connectivity index (χ2n) is 4.94. The minimum Gasteiger partial charge on any atom is -0.336 e. The van der Waals surface area contributed by atoms with Crippen molar-refractivity contribution in [3.63, 3.8) is 0 Å². The highest BCUT2D eigenvalue weighted by atomic mass is 35.5. The molecule has 0 saturated carbocycles. The van der Waals surface area contributed by atoms with Crippen molar-refractivity contribution in [1.82, 2.24) is 24.5 Å². The van der Waals surface area contributed by atoms with E-state index in [1.807, 2.05) is 31.6 Å². The Morgan fingerprint density at radius 1 is 1.24 bits per heavy atom. The molecule has 2 aromatic rings. The molecule has 0 aromatic carbocycles. The molecule has 0 aliphatic carbocycles. The van der Waals surface area contributed by atoms with Crippen LogP contribution in [0.3, 0.4) is 0 Å².